The third-order valence-electron chi connectivity index (χ3n) is 2.40. The summed E-state index contributed by atoms with van der Waals surface area (Å²) >= 11 is 4.51. The highest BCUT2D eigenvalue weighted by molar-refractivity contribution is 9.09. The van der Waals surface area contributed by atoms with Gasteiger partial charge in [-0.1, -0.05) is 22.0 Å². The van der Waals surface area contributed by atoms with E-state index in [1.165, 1.54) is 17.8 Å². The molecule has 4 nitrogen and oxygen atoms in total. The van der Waals surface area contributed by atoms with Crippen molar-refractivity contribution in [1.29, 1.82) is 0 Å². The summed E-state index contributed by atoms with van der Waals surface area (Å²) < 4.78 is 0. The molecule has 0 aliphatic carbocycles. The van der Waals surface area contributed by atoms with E-state index >= 15 is 0 Å². The van der Waals surface area contributed by atoms with E-state index in [0.717, 1.165) is 0 Å². The van der Waals surface area contributed by atoms with Crippen LogP contribution in [0.2, 0.25) is 0 Å². The molecular weight excluding hydrogens is 320 g/mol. The summed E-state index contributed by atoms with van der Waals surface area (Å²) in [4.78, 5) is 23.2. The van der Waals surface area contributed by atoms with Gasteiger partial charge in [-0.05, 0) is 18.4 Å². The Balaban J connectivity index is 3.17. The van der Waals surface area contributed by atoms with Crippen LogP contribution in [0.1, 0.15) is 28.4 Å². The van der Waals surface area contributed by atoms with Crippen LogP contribution >= 0.6 is 27.7 Å². The fourth-order valence-corrected chi connectivity index (χ4v) is 2.46. The van der Waals surface area contributed by atoms with Gasteiger partial charge in [0.2, 0.25) is 0 Å². The van der Waals surface area contributed by atoms with Crippen LogP contribution in [-0.2, 0) is 4.79 Å². The molecule has 0 saturated carbocycles. The molecule has 0 aliphatic heterocycles. The van der Waals surface area contributed by atoms with Gasteiger partial charge in [-0.2, -0.15) is 0 Å². The molecule has 1 rings (SSSR count). The van der Waals surface area contributed by atoms with Crippen molar-refractivity contribution in [1.82, 2.24) is 0 Å². The molecular formula is C12H13BrO4S. The van der Waals surface area contributed by atoms with Gasteiger partial charge in [0.1, 0.15) is 0 Å². The normalized spacial score (nSPS) is 12.2. The Morgan fingerprint density at radius 2 is 2.11 bits per heavy atom. The number of ketones is 1. The summed E-state index contributed by atoms with van der Waals surface area (Å²) in [6.45, 7) is 0. The number of alkyl halides is 1. The molecule has 98 valence electrons. The lowest BCUT2D eigenvalue weighted by Crippen LogP contribution is -2.12. The molecule has 0 saturated heterocycles. The number of rotatable bonds is 6. The van der Waals surface area contributed by atoms with E-state index in [4.69, 9.17) is 5.11 Å². The van der Waals surface area contributed by atoms with E-state index in [2.05, 4.69) is 15.9 Å². The molecule has 0 radical (unpaired) electrons. The second kappa shape index (κ2) is 6.92. The van der Waals surface area contributed by atoms with E-state index in [9.17, 15) is 14.7 Å². The van der Waals surface area contributed by atoms with E-state index < -0.39 is 12.1 Å². The van der Waals surface area contributed by atoms with Crippen LogP contribution in [0.15, 0.2) is 23.1 Å². The summed E-state index contributed by atoms with van der Waals surface area (Å²) in [5.41, 5.74) is 0.679. The van der Waals surface area contributed by atoms with Gasteiger partial charge >= 0.3 is 5.97 Å². The average molecular weight is 333 g/mol. The number of thioether (sulfide) groups is 1. The summed E-state index contributed by atoms with van der Waals surface area (Å²) in [6, 6.07) is 4.76. The number of aliphatic hydroxyl groups excluding tert-OH is 1. The molecule has 1 atom stereocenters. The lowest BCUT2D eigenvalue weighted by atomic mass is 10.0. The molecule has 2 N–H and O–H groups in total. The van der Waals surface area contributed by atoms with Crippen molar-refractivity contribution in [3.05, 3.63) is 29.3 Å². The number of halogens is 1. The molecule has 0 bridgehead atoms. The SMILES string of the molecule is CSc1ccc(C(=O)CCBr)cc1C(O)C(=O)O. The summed E-state index contributed by atoms with van der Waals surface area (Å²) in [6.07, 6.45) is 0.512. The van der Waals surface area contributed by atoms with Crippen molar-refractivity contribution in [3.8, 4) is 0 Å². The third kappa shape index (κ3) is 3.57. The zero-order chi connectivity index (χ0) is 13.7. The number of hydrogen-bond acceptors (Lipinski definition) is 4. The first-order valence-corrected chi connectivity index (χ1v) is 7.53. The highest BCUT2D eigenvalue weighted by Crippen LogP contribution is 2.27. The topological polar surface area (TPSA) is 74.6 Å². The number of hydrogen-bond donors (Lipinski definition) is 2. The quantitative estimate of drug-likeness (QED) is 0.475. The van der Waals surface area contributed by atoms with Gasteiger partial charge in [0.15, 0.2) is 11.9 Å². The van der Waals surface area contributed by atoms with Crippen molar-refractivity contribution in [2.45, 2.75) is 17.4 Å². The maximum Gasteiger partial charge on any atom is 0.337 e. The highest BCUT2D eigenvalue weighted by atomic mass is 79.9. The Morgan fingerprint density at radius 1 is 1.44 bits per heavy atom. The number of benzene rings is 1. The summed E-state index contributed by atoms with van der Waals surface area (Å²) in [7, 11) is 0. The van der Waals surface area contributed by atoms with Crippen molar-refractivity contribution in [2.75, 3.05) is 11.6 Å². The van der Waals surface area contributed by atoms with E-state index in [1.54, 1.807) is 18.4 Å². The molecule has 0 aliphatic rings. The predicted molar refractivity (Wildman–Crippen MR) is 73.6 cm³/mol. The lowest BCUT2D eigenvalue weighted by molar-refractivity contribution is -0.147. The fourth-order valence-electron chi connectivity index (χ4n) is 1.48. The van der Waals surface area contributed by atoms with Crippen molar-refractivity contribution in [3.63, 3.8) is 0 Å². The smallest absolute Gasteiger partial charge is 0.337 e. The minimum Gasteiger partial charge on any atom is -0.479 e. The monoisotopic (exact) mass is 332 g/mol. The van der Waals surface area contributed by atoms with Gasteiger partial charge in [0.25, 0.3) is 0 Å². The van der Waals surface area contributed by atoms with Crippen molar-refractivity contribution >= 4 is 39.4 Å². The molecule has 1 unspecified atom stereocenters. The zero-order valence-electron chi connectivity index (χ0n) is 9.72. The largest absolute Gasteiger partial charge is 0.479 e. The molecule has 1 aromatic rings. The Bertz CT molecular complexity index is 461. The Hall–Kier alpha value is -0.850. The predicted octanol–water partition coefficient (Wildman–Crippen LogP) is 2.49. The minimum atomic E-state index is -1.61. The van der Waals surface area contributed by atoms with Gasteiger partial charge in [0.05, 0.1) is 0 Å². The van der Waals surface area contributed by atoms with Crippen LogP contribution in [0.25, 0.3) is 0 Å². The maximum absolute atomic E-state index is 11.7. The summed E-state index contributed by atoms with van der Waals surface area (Å²) in [5.74, 6) is -1.41. The molecule has 0 fully saturated rings. The number of carboxylic acid groups (broad SMARTS) is 1. The van der Waals surface area contributed by atoms with Crippen LogP contribution in [0.3, 0.4) is 0 Å². The average Bonchev–Trinajstić information content (AvgIpc) is 2.37. The molecule has 0 spiro atoms. The van der Waals surface area contributed by atoms with Crippen LogP contribution in [-0.4, -0.2) is 33.6 Å². The van der Waals surface area contributed by atoms with Gasteiger partial charge in [-0.25, -0.2) is 4.79 Å². The molecule has 0 heterocycles. The Morgan fingerprint density at radius 3 is 2.61 bits per heavy atom. The number of carboxylic acids is 1. The highest BCUT2D eigenvalue weighted by Gasteiger charge is 2.20. The van der Waals surface area contributed by atoms with Crippen LogP contribution in [0.4, 0.5) is 0 Å². The van der Waals surface area contributed by atoms with Gasteiger partial charge in [-0.15, -0.1) is 11.8 Å². The maximum atomic E-state index is 11.7. The number of carbonyl (C=O) groups is 2. The first kappa shape index (κ1) is 15.2. The number of carbonyl (C=O) groups excluding carboxylic acids is 1. The molecule has 0 amide bonds. The van der Waals surface area contributed by atoms with E-state index in [1.807, 2.05) is 0 Å². The first-order valence-electron chi connectivity index (χ1n) is 5.19. The molecule has 0 aromatic heterocycles. The van der Waals surface area contributed by atoms with Gasteiger partial charge in [0, 0.05) is 27.8 Å². The first-order chi connectivity index (χ1) is 8.51. The van der Waals surface area contributed by atoms with E-state index in [0.29, 0.717) is 22.2 Å². The second-order valence-electron chi connectivity index (χ2n) is 3.56. The molecule has 6 heteroatoms. The number of aliphatic hydroxyl groups is 1. The Labute approximate surface area is 118 Å². The van der Waals surface area contributed by atoms with E-state index in [-0.39, 0.29) is 11.3 Å². The number of Topliss-reactive ketones (excluding diaryl/α,β-unsaturated/α-hetero) is 1. The fraction of sp³-hybridized carbons (Fsp3) is 0.333. The van der Waals surface area contributed by atoms with Crippen molar-refractivity contribution < 1.29 is 19.8 Å². The third-order valence-corrected chi connectivity index (χ3v) is 3.61. The van der Waals surface area contributed by atoms with Crippen LogP contribution < -0.4 is 0 Å². The molecule has 18 heavy (non-hydrogen) atoms. The second-order valence-corrected chi connectivity index (χ2v) is 5.20. The Kier molecular flexibility index (Phi) is 5.84. The van der Waals surface area contributed by atoms with Crippen LogP contribution in [0, 0.1) is 0 Å². The minimum absolute atomic E-state index is 0.0848. The number of aliphatic carboxylic acids is 1. The molecule has 1 aromatic carbocycles. The standard InChI is InChI=1S/C12H13BrO4S/c1-18-10-3-2-7(9(14)4-5-13)6-8(10)11(15)12(16)17/h2-3,6,11,15H,4-5H2,1H3,(H,16,17). The van der Waals surface area contributed by atoms with Crippen molar-refractivity contribution in [2.24, 2.45) is 0 Å². The van der Waals surface area contributed by atoms with Gasteiger partial charge < -0.3 is 10.2 Å². The summed E-state index contributed by atoms with van der Waals surface area (Å²) in [5, 5.41) is 19.0. The van der Waals surface area contributed by atoms with Crippen LogP contribution in [0.5, 0.6) is 0 Å². The van der Waals surface area contributed by atoms with Gasteiger partial charge in [-0.3, -0.25) is 4.79 Å². The zero-order valence-corrected chi connectivity index (χ0v) is 12.1. The lowest BCUT2D eigenvalue weighted by Gasteiger charge is -2.12.